The fourth-order valence-corrected chi connectivity index (χ4v) is 4.64. The maximum atomic E-state index is 12.3. The summed E-state index contributed by atoms with van der Waals surface area (Å²) in [6.07, 6.45) is 5.03. The van der Waals surface area contributed by atoms with Gasteiger partial charge < -0.3 is 10.1 Å². The van der Waals surface area contributed by atoms with Crippen LogP contribution in [0.15, 0.2) is 36.4 Å². The summed E-state index contributed by atoms with van der Waals surface area (Å²) in [6, 6.07) is 11.8. The van der Waals surface area contributed by atoms with Crippen molar-refractivity contribution in [2.75, 3.05) is 6.61 Å². The van der Waals surface area contributed by atoms with Gasteiger partial charge in [0.1, 0.15) is 4.88 Å². The first-order valence-electron chi connectivity index (χ1n) is 9.69. The standard InChI is InChI=1S/C22H27NO3S/c1-3-7-18(16-8-5-4-6-9-16)23-21(24)14-26-22(25)20-13-17-12-15(2)10-11-19(17)27-20/h4-6,8-9,13,15,18H,3,7,10-12,14H2,1-2H3,(H,23,24)/t15-,18+/m0/s1. The number of ether oxygens (including phenoxy) is 1. The van der Waals surface area contributed by atoms with E-state index in [-0.39, 0.29) is 18.6 Å². The molecule has 144 valence electrons. The SMILES string of the molecule is CCC[C@@H](NC(=O)COC(=O)c1cc2c(s1)CC[C@H](C)C2)c1ccccc1. The molecule has 1 aromatic heterocycles. The summed E-state index contributed by atoms with van der Waals surface area (Å²) in [7, 11) is 0. The van der Waals surface area contributed by atoms with Gasteiger partial charge in [0, 0.05) is 4.88 Å². The fraction of sp³-hybridized carbons (Fsp3) is 0.455. The minimum atomic E-state index is -0.399. The van der Waals surface area contributed by atoms with E-state index in [0.717, 1.165) is 31.2 Å². The fourth-order valence-electron chi connectivity index (χ4n) is 3.54. The molecule has 1 aliphatic rings. The maximum absolute atomic E-state index is 12.3. The highest BCUT2D eigenvalue weighted by molar-refractivity contribution is 7.14. The van der Waals surface area contributed by atoms with Crippen LogP contribution in [0, 0.1) is 5.92 Å². The molecule has 4 nitrogen and oxygen atoms in total. The maximum Gasteiger partial charge on any atom is 0.348 e. The Morgan fingerprint density at radius 1 is 1.30 bits per heavy atom. The highest BCUT2D eigenvalue weighted by Crippen LogP contribution is 2.32. The van der Waals surface area contributed by atoms with E-state index in [2.05, 4.69) is 19.2 Å². The van der Waals surface area contributed by atoms with Gasteiger partial charge in [0.05, 0.1) is 6.04 Å². The van der Waals surface area contributed by atoms with E-state index in [4.69, 9.17) is 4.74 Å². The third-order valence-electron chi connectivity index (χ3n) is 4.98. The number of esters is 1. The Labute approximate surface area is 164 Å². The third kappa shape index (κ3) is 5.19. The predicted octanol–water partition coefficient (Wildman–Crippen LogP) is 4.69. The molecule has 1 aliphatic carbocycles. The van der Waals surface area contributed by atoms with E-state index >= 15 is 0 Å². The van der Waals surface area contributed by atoms with Gasteiger partial charge in [-0.15, -0.1) is 11.3 Å². The molecule has 27 heavy (non-hydrogen) atoms. The van der Waals surface area contributed by atoms with Gasteiger partial charge in [-0.25, -0.2) is 4.79 Å². The van der Waals surface area contributed by atoms with E-state index in [0.29, 0.717) is 10.8 Å². The topological polar surface area (TPSA) is 55.4 Å². The zero-order chi connectivity index (χ0) is 19.2. The molecular weight excluding hydrogens is 358 g/mol. The van der Waals surface area contributed by atoms with E-state index in [1.807, 2.05) is 36.4 Å². The number of carbonyl (C=O) groups excluding carboxylic acids is 2. The van der Waals surface area contributed by atoms with E-state index < -0.39 is 5.97 Å². The number of carbonyl (C=O) groups is 2. The Morgan fingerprint density at radius 3 is 2.81 bits per heavy atom. The molecule has 0 unspecified atom stereocenters. The minimum Gasteiger partial charge on any atom is -0.451 e. The second-order valence-corrected chi connectivity index (χ2v) is 8.44. The number of nitrogens with one attached hydrogen (secondary N) is 1. The van der Waals surface area contributed by atoms with E-state index in [9.17, 15) is 9.59 Å². The van der Waals surface area contributed by atoms with Crippen LogP contribution in [0.25, 0.3) is 0 Å². The zero-order valence-corrected chi connectivity index (χ0v) is 16.8. The van der Waals surface area contributed by atoms with Gasteiger partial charge in [0.25, 0.3) is 5.91 Å². The van der Waals surface area contributed by atoms with Crippen molar-refractivity contribution in [1.82, 2.24) is 5.32 Å². The van der Waals surface area contributed by atoms with E-state index in [1.54, 1.807) is 0 Å². The molecule has 0 aliphatic heterocycles. The number of benzene rings is 1. The van der Waals surface area contributed by atoms with Gasteiger partial charge in [-0.3, -0.25) is 4.79 Å². The summed E-state index contributed by atoms with van der Waals surface area (Å²) >= 11 is 1.51. The smallest absolute Gasteiger partial charge is 0.348 e. The number of hydrogen-bond donors (Lipinski definition) is 1. The third-order valence-corrected chi connectivity index (χ3v) is 6.20. The van der Waals surface area contributed by atoms with E-state index in [1.165, 1.54) is 28.2 Å². The first-order chi connectivity index (χ1) is 13.1. The Kier molecular flexibility index (Phi) is 6.67. The molecule has 0 saturated heterocycles. The van der Waals surface area contributed by atoms with Crippen LogP contribution >= 0.6 is 11.3 Å². The van der Waals surface area contributed by atoms with Gasteiger partial charge in [0.2, 0.25) is 0 Å². The quantitative estimate of drug-likeness (QED) is 0.704. The Morgan fingerprint density at radius 2 is 2.07 bits per heavy atom. The summed E-state index contributed by atoms with van der Waals surface area (Å²) in [5.41, 5.74) is 2.33. The molecule has 0 saturated carbocycles. The normalized spacial score (nSPS) is 17.0. The average molecular weight is 386 g/mol. The first kappa shape index (κ1) is 19.6. The summed E-state index contributed by atoms with van der Waals surface area (Å²) < 4.78 is 5.27. The summed E-state index contributed by atoms with van der Waals surface area (Å²) in [4.78, 5) is 26.5. The lowest BCUT2D eigenvalue weighted by Crippen LogP contribution is -2.32. The van der Waals surface area contributed by atoms with Crippen LogP contribution in [0.1, 0.15) is 64.8 Å². The molecule has 0 bridgehead atoms. The predicted molar refractivity (Wildman–Crippen MR) is 108 cm³/mol. The van der Waals surface area contributed by atoms with Gasteiger partial charge in [0.15, 0.2) is 6.61 Å². The van der Waals surface area contributed by atoms with Crippen molar-refractivity contribution < 1.29 is 14.3 Å². The molecule has 1 amide bonds. The van der Waals surface area contributed by atoms with Crippen molar-refractivity contribution in [2.24, 2.45) is 5.92 Å². The largest absolute Gasteiger partial charge is 0.451 e. The molecule has 5 heteroatoms. The van der Waals surface area contributed by atoms with Crippen molar-refractivity contribution >= 4 is 23.2 Å². The highest BCUT2D eigenvalue weighted by Gasteiger charge is 2.22. The lowest BCUT2D eigenvalue weighted by molar-refractivity contribution is -0.125. The van der Waals surface area contributed by atoms with Gasteiger partial charge >= 0.3 is 5.97 Å². The number of aryl methyl sites for hydroxylation is 1. The minimum absolute atomic E-state index is 0.0575. The van der Waals surface area contributed by atoms with Crippen molar-refractivity contribution in [3.05, 3.63) is 57.3 Å². The van der Waals surface area contributed by atoms with Crippen molar-refractivity contribution in [3.8, 4) is 0 Å². The Bertz CT molecular complexity index is 784. The first-order valence-corrected chi connectivity index (χ1v) is 10.5. The van der Waals surface area contributed by atoms with Gasteiger partial charge in [-0.2, -0.15) is 0 Å². The van der Waals surface area contributed by atoms with Gasteiger partial charge in [-0.05, 0) is 48.8 Å². The van der Waals surface area contributed by atoms with Crippen LogP contribution in [0.4, 0.5) is 0 Å². The lowest BCUT2D eigenvalue weighted by Gasteiger charge is -2.18. The van der Waals surface area contributed by atoms with Crippen molar-refractivity contribution in [2.45, 2.75) is 52.0 Å². The van der Waals surface area contributed by atoms with Crippen LogP contribution in [0.2, 0.25) is 0 Å². The molecule has 0 radical (unpaired) electrons. The van der Waals surface area contributed by atoms with Crippen LogP contribution in [0.3, 0.4) is 0 Å². The zero-order valence-electron chi connectivity index (χ0n) is 16.0. The molecule has 0 fully saturated rings. The monoisotopic (exact) mass is 385 g/mol. The molecule has 3 rings (SSSR count). The Balaban J connectivity index is 1.54. The molecule has 0 spiro atoms. The summed E-state index contributed by atoms with van der Waals surface area (Å²) in [6.45, 7) is 4.08. The number of hydrogen-bond acceptors (Lipinski definition) is 4. The molecule has 1 aromatic carbocycles. The molecular formula is C22H27NO3S. The highest BCUT2D eigenvalue weighted by atomic mass is 32.1. The van der Waals surface area contributed by atoms with Crippen LogP contribution in [-0.4, -0.2) is 18.5 Å². The van der Waals surface area contributed by atoms with Crippen molar-refractivity contribution in [3.63, 3.8) is 0 Å². The molecule has 2 atom stereocenters. The molecule has 1 N–H and O–H groups in total. The van der Waals surface area contributed by atoms with Crippen LogP contribution < -0.4 is 5.32 Å². The second-order valence-electron chi connectivity index (χ2n) is 7.30. The van der Waals surface area contributed by atoms with Crippen molar-refractivity contribution in [1.29, 1.82) is 0 Å². The molecule has 2 aromatic rings. The number of thiophene rings is 1. The molecule has 1 heterocycles. The van der Waals surface area contributed by atoms with Crippen LogP contribution in [-0.2, 0) is 22.4 Å². The Hall–Kier alpha value is -2.14. The average Bonchev–Trinajstić information content (AvgIpc) is 3.09. The lowest BCUT2D eigenvalue weighted by atomic mass is 9.90. The van der Waals surface area contributed by atoms with Crippen LogP contribution in [0.5, 0.6) is 0 Å². The summed E-state index contributed by atoms with van der Waals surface area (Å²) in [5.74, 6) is -0.000200. The number of amides is 1. The summed E-state index contributed by atoms with van der Waals surface area (Å²) in [5, 5.41) is 2.98. The number of rotatable bonds is 7. The van der Waals surface area contributed by atoms with Gasteiger partial charge in [-0.1, -0.05) is 50.6 Å². The second kappa shape index (κ2) is 9.18. The number of fused-ring (bicyclic) bond motifs is 1.